The summed E-state index contributed by atoms with van der Waals surface area (Å²) in [5, 5.41) is 3.96. The second kappa shape index (κ2) is 11.9. The fraction of sp³-hybridized carbons (Fsp3) is 0.292. The number of hydrogen-bond acceptors (Lipinski definition) is 6. The minimum Gasteiger partial charge on any atom is -0.355 e. The van der Waals surface area contributed by atoms with Crippen LogP contribution < -0.4 is 10.2 Å². The molecule has 3 aromatic rings. The molecular formula is C24H28ClN5OS. The summed E-state index contributed by atoms with van der Waals surface area (Å²) in [5.41, 5.74) is 2.87. The van der Waals surface area contributed by atoms with E-state index in [1.807, 2.05) is 73.4 Å². The average molecular weight is 470 g/mol. The molecule has 0 aliphatic carbocycles. The molecule has 0 aliphatic rings. The summed E-state index contributed by atoms with van der Waals surface area (Å²) in [6.45, 7) is 2.14. The molecule has 0 spiro atoms. The maximum atomic E-state index is 12.4. The van der Waals surface area contributed by atoms with Gasteiger partial charge in [0.05, 0.1) is 0 Å². The number of anilines is 1. The van der Waals surface area contributed by atoms with E-state index in [0.717, 1.165) is 24.5 Å². The van der Waals surface area contributed by atoms with Crippen LogP contribution in [-0.2, 0) is 12.3 Å². The van der Waals surface area contributed by atoms with Gasteiger partial charge in [-0.2, -0.15) is 0 Å². The SMILES string of the molecule is CN(C)CCNC(=O)c1cccc(CSc2nc(Cl)cc(N(C)Cc3ccccc3)n2)c1. The highest BCUT2D eigenvalue weighted by Crippen LogP contribution is 2.25. The molecule has 0 saturated heterocycles. The van der Waals surface area contributed by atoms with Gasteiger partial charge in [-0.15, -0.1) is 0 Å². The second-order valence-corrected chi connectivity index (χ2v) is 9.05. The molecule has 6 nitrogen and oxygen atoms in total. The number of carbonyl (C=O) groups is 1. The van der Waals surface area contributed by atoms with Crippen molar-refractivity contribution in [2.24, 2.45) is 0 Å². The minimum absolute atomic E-state index is 0.0671. The quantitative estimate of drug-likeness (QED) is 0.270. The first-order chi connectivity index (χ1) is 15.4. The zero-order valence-electron chi connectivity index (χ0n) is 18.6. The van der Waals surface area contributed by atoms with Gasteiger partial charge in [0.25, 0.3) is 5.91 Å². The lowest BCUT2D eigenvalue weighted by atomic mass is 10.1. The zero-order chi connectivity index (χ0) is 22.9. The van der Waals surface area contributed by atoms with Gasteiger partial charge in [0, 0.05) is 44.1 Å². The van der Waals surface area contributed by atoms with Gasteiger partial charge in [0.15, 0.2) is 5.16 Å². The van der Waals surface area contributed by atoms with E-state index in [1.165, 1.54) is 17.3 Å². The minimum atomic E-state index is -0.0671. The molecule has 0 aliphatic heterocycles. The maximum Gasteiger partial charge on any atom is 0.251 e. The van der Waals surface area contributed by atoms with Gasteiger partial charge >= 0.3 is 0 Å². The molecule has 0 fully saturated rings. The Labute approximate surface area is 199 Å². The van der Waals surface area contributed by atoms with E-state index in [1.54, 1.807) is 6.07 Å². The number of carbonyl (C=O) groups excluding carboxylic acids is 1. The molecule has 0 radical (unpaired) electrons. The van der Waals surface area contributed by atoms with Gasteiger partial charge in [-0.3, -0.25) is 4.79 Å². The number of halogens is 1. The molecular weight excluding hydrogens is 442 g/mol. The molecule has 0 atom stereocenters. The Kier molecular flexibility index (Phi) is 8.90. The van der Waals surface area contributed by atoms with Crippen LogP contribution >= 0.6 is 23.4 Å². The highest BCUT2D eigenvalue weighted by Gasteiger charge is 2.11. The Morgan fingerprint density at radius 3 is 2.50 bits per heavy atom. The van der Waals surface area contributed by atoms with E-state index in [-0.39, 0.29) is 5.91 Å². The molecule has 3 rings (SSSR count). The van der Waals surface area contributed by atoms with Crippen LogP contribution in [0.25, 0.3) is 0 Å². The monoisotopic (exact) mass is 469 g/mol. The number of thioether (sulfide) groups is 1. The van der Waals surface area contributed by atoms with Gasteiger partial charge in [0.1, 0.15) is 11.0 Å². The molecule has 1 N–H and O–H groups in total. The Balaban J connectivity index is 1.62. The van der Waals surface area contributed by atoms with Crippen LogP contribution in [0.3, 0.4) is 0 Å². The fourth-order valence-corrected chi connectivity index (χ4v) is 4.05. The van der Waals surface area contributed by atoms with Crippen molar-refractivity contribution in [1.82, 2.24) is 20.2 Å². The average Bonchev–Trinajstić information content (AvgIpc) is 2.78. The number of likely N-dealkylation sites (N-methyl/N-ethyl adjacent to an activating group) is 1. The van der Waals surface area contributed by atoms with E-state index in [9.17, 15) is 4.79 Å². The van der Waals surface area contributed by atoms with E-state index >= 15 is 0 Å². The summed E-state index contributed by atoms with van der Waals surface area (Å²) in [6, 6.07) is 19.6. The van der Waals surface area contributed by atoms with E-state index in [0.29, 0.717) is 28.2 Å². The summed E-state index contributed by atoms with van der Waals surface area (Å²) < 4.78 is 0. The maximum absolute atomic E-state index is 12.4. The lowest BCUT2D eigenvalue weighted by Crippen LogP contribution is -2.31. The Morgan fingerprint density at radius 1 is 1.00 bits per heavy atom. The van der Waals surface area contributed by atoms with Crippen molar-refractivity contribution in [3.63, 3.8) is 0 Å². The van der Waals surface area contributed by atoms with E-state index in [4.69, 9.17) is 11.6 Å². The van der Waals surface area contributed by atoms with Crippen LogP contribution in [0, 0.1) is 0 Å². The van der Waals surface area contributed by atoms with Crippen LogP contribution in [0.5, 0.6) is 0 Å². The third kappa shape index (κ3) is 7.51. The lowest BCUT2D eigenvalue weighted by Gasteiger charge is -2.19. The third-order valence-corrected chi connectivity index (χ3v) is 5.83. The van der Waals surface area contributed by atoms with Crippen LogP contribution in [-0.4, -0.2) is 55.0 Å². The summed E-state index contributed by atoms with van der Waals surface area (Å²) in [5.74, 6) is 1.34. The number of nitrogens with one attached hydrogen (secondary N) is 1. The molecule has 8 heteroatoms. The number of amides is 1. The smallest absolute Gasteiger partial charge is 0.251 e. The standard InChI is InChI=1S/C24H28ClN5OS/c1-29(2)13-12-26-23(31)20-11-7-10-19(14-20)17-32-24-27-21(25)15-22(28-24)30(3)16-18-8-5-4-6-9-18/h4-11,14-15H,12-13,16-17H2,1-3H3,(H,26,31). The number of rotatable bonds is 10. The van der Waals surface area contributed by atoms with Gasteiger partial charge in [0.2, 0.25) is 0 Å². The number of benzene rings is 2. The van der Waals surface area contributed by atoms with Gasteiger partial charge in [-0.1, -0.05) is 65.8 Å². The van der Waals surface area contributed by atoms with Crippen molar-refractivity contribution in [2.45, 2.75) is 17.5 Å². The van der Waals surface area contributed by atoms with Crippen molar-refractivity contribution in [1.29, 1.82) is 0 Å². The molecule has 168 valence electrons. The first kappa shape index (κ1) is 24.0. The summed E-state index contributed by atoms with van der Waals surface area (Å²) >= 11 is 7.76. The molecule has 0 bridgehead atoms. The normalized spacial score (nSPS) is 10.9. The predicted molar refractivity (Wildman–Crippen MR) is 132 cm³/mol. The molecule has 1 amide bonds. The van der Waals surface area contributed by atoms with Crippen molar-refractivity contribution in [3.05, 3.63) is 82.5 Å². The van der Waals surface area contributed by atoms with Gasteiger partial charge in [-0.25, -0.2) is 9.97 Å². The third-order valence-electron chi connectivity index (χ3n) is 4.72. The number of nitrogens with zero attached hydrogens (tertiary/aromatic N) is 4. The number of hydrogen-bond donors (Lipinski definition) is 1. The summed E-state index contributed by atoms with van der Waals surface area (Å²) in [4.78, 5) is 25.5. The second-order valence-electron chi connectivity index (χ2n) is 7.72. The van der Waals surface area contributed by atoms with Crippen molar-refractivity contribution < 1.29 is 4.79 Å². The largest absolute Gasteiger partial charge is 0.355 e. The highest BCUT2D eigenvalue weighted by molar-refractivity contribution is 7.98. The molecule has 0 saturated carbocycles. The molecule has 2 aromatic carbocycles. The van der Waals surface area contributed by atoms with Crippen LogP contribution in [0.2, 0.25) is 5.15 Å². The fourth-order valence-electron chi connectivity index (χ4n) is 3.03. The summed E-state index contributed by atoms with van der Waals surface area (Å²) in [7, 11) is 5.94. The zero-order valence-corrected chi connectivity index (χ0v) is 20.2. The molecule has 0 unspecified atom stereocenters. The van der Waals surface area contributed by atoms with E-state index in [2.05, 4.69) is 27.4 Å². The van der Waals surface area contributed by atoms with Crippen molar-refractivity contribution in [3.8, 4) is 0 Å². The lowest BCUT2D eigenvalue weighted by molar-refractivity contribution is 0.0951. The first-order valence-electron chi connectivity index (χ1n) is 10.3. The van der Waals surface area contributed by atoms with Crippen LogP contribution in [0.15, 0.2) is 65.8 Å². The van der Waals surface area contributed by atoms with Crippen LogP contribution in [0.1, 0.15) is 21.5 Å². The molecule has 1 aromatic heterocycles. The molecule has 1 heterocycles. The first-order valence-corrected chi connectivity index (χ1v) is 11.7. The Hall–Kier alpha value is -2.61. The van der Waals surface area contributed by atoms with Crippen molar-refractivity contribution >= 4 is 35.1 Å². The topological polar surface area (TPSA) is 61.4 Å². The predicted octanol–water partition coefficient (Wildman–Crippen LogP) is 4.35. The van der Waals surface area contributed by atoms with Crippen LogP contribution in [0.4, 0.5) is 5.82 Å². The number of aromatic nitrogens is 2. The van der Waals surface area contributed by atoms with Gasteiger partial charge in [-0.05, 0) is 37.4 Å². The Bertz CT molecular complexity index is 1030. The van der Waals surface area contributed by atoms with Crippen molar-refractivity contribution in [2.75, 3.05) is 39.1 Å². The molecule has 32 heavy (non-hydrogen) atoms. The highest BCUT2D eigenvalue weighted by atomic mass is 35.5. The summed E-state index contributed by atoms with van der Waals surface area (Å²) in [6.07, 6.45) is 0. The Morgan fingerprint density at radius 2 is 1.75 bits per heavy atom. The van der Waals surface area contributed by atoms with Gasteiger partial charge < -0.3 is 15.1 Å². The van der Waals surface area contributed by atoms with E-state index < -0.39 is 0 Å².